The third-order valence-electron chi connectivity index (χ3n) is 11.4. The van der Waals surface area contributed by atoms with Gasteiger partial charge < -0.3 is 11.5 Å². The van der Waals surface area contributed by atoms with Crippen LogP contribution in [0.2, 0.25) is 0 Å². The van der Waals surface area contributed by atoms with Gasteiger partial charge in [-0.15, -0.1) is 0 Å². The van der Waals surface area contributed by atoms with Gasteiger partial charge in [-0.05, 0) is 141 Å². The average Bonchev–Trinajstić information content (AvgIpc) is 2.78. The van der Waals surface area contributed by atoms with E-state index in [0.29, 0.717) is 35.8 Å². The van der Waals surface area contributed by atoms with Crippen LogP contribution in [0, 0.1) is 82.9 Å². The number of nitrogens with two attached hydrogens (primary N) is 2. The smallest absolute Gasteiger partial charge is 0.0101 e. The minimum Gasteiger partial charge on any atom is -0.327 e. The van der Waals surface area contributed by atoms with E-state index in [-0.39, 0.29) is 0 Å². The molecular weight excluding hydrogens is 472 g/mol. The van der Waals surface area contributed by atoms with Crippen LogP contribution >= 0.6 is 0 Å². The summed E-state index contributed by atoms with van der Waals surface area (Å²) in [5.74, 6) is 10.4. The summed E-state index contributed by atoms with van der Waals surface area (Å²) in [6.07, 6.45) is 12.1. The number of hydrogen-bond acceptors (Lipinski definition) is 2. The Morgan fingerprint density at radius 2 is 0.615 bits per heavy atom. The molecular formula is C37H74N2. The van der Waals surface area contributed by atoms with Crippen LogP contribution in [0.25, 0.3) is 0 Å². The highest BCUT2D eigenvalue weighted by Gasteiger charge is 2.44. The molecule has 2 saturated carbocycles. The fraction of sp³-hybridized carbons (Fsp3) is 1.00. The van der Waals surface area contributed by atoms with Crippen LogP contribution in [0.4, 0.5) is 0 Å². The second kappa shape index (κ2) is 16.0. The van der Waals surface area contributed by atoms with Crippen molar-refractivity contribution in [3.63, 3.8) is 0 Å². The monoisotopic (exact) mass is 547 g/mol. The second-order valence-electron chi connectivity index (χ2n) is 17.1. The summed E-state index contributed by atoms with van der Waals surface area (Å²) in [5, 5.41) is 0. The molecule has 2 heteroatoms. The second-order valence-corrected chi connectivity index (χ2v) is 17.1. The van der Waals surface area contributed by atoms with Crippen molar-refractivity contribution in [3.05, 3.63) is 0 Å². The molecule has 0 bridgehead atoms. The normalized spacial score (nSPS) is 35.5. The fourth-order valence-corrected chi connectivity index (χ4v) is 9.97. The van der Waals surface area contributed by atoms with Crippen LogP contribution in [0.5, 0.6) is 0 Å². The lowest BCUT2D eigenvalue weighted by Gasteiger charge is -2.49. The quantitative estimate of drug-likeness (QED) is 0.228. The van der Waals surface area contributed by atoms with E-state index in [1.165, 1.54) is 57.8 Å². The Bertz CT molecular complexity index is 560. The van der Waals surface area contributed by atoms with Crippen molar-refractivity contribution in [2.45, 2.75) is 153 Å². The Kier molecular flexibility index (Phi) is 14.4. The van der Waals surface area contributed by atoms with Gasteiger partial charge in [0.15, 0.2) is 0 Å². The molecule has 2 fully saturated rings. The Morgan fingerprint density at radius 1 is 0.410 bits per heavy atom. The topological polar surface area (TPSA) is 52.0 Å². The summed E-state index contributed by atoms with van der Waals surface area (Å²) in [7, 11) is 0. The first-order valence-electron chi connectivity index (χ1n) is 17.6. The highest BCUT2D eigenvalue weighted by atomic mass is 14.7. The first kappa shape index (κ1) is 35.1. The summed E-state index contributed by atoms with van der Waals surface area (Å²) in [6, 6.07) is 0.752. The van der Waals surface area contributed by atoms with E-state index >= 15 is 0 Å². The van der Waals surface area contributed by atoms with Crippen molar-refractivity contribution >= 4 is 0 Å². The molecule has 4 N–H and O–H groups in total. The van der Waals surface area contributed by atoms with Gasteiger partial charge in [0.25, 0.3) is 0 Å². The maximum Gasteiger partial charge on any atom is 0.0101 e. The standard InChI is InChI=1S/C37H74N2/c1-22(2)13-26(9)32-18-30(19-33(36(32)38)27(10)14-23(3)4)17-31-20-34(28(11)15-24(5)6)37(39)35(21-31)29(12)16-25(7)8/h22-37H,13-21,38-39H2,1-12H3. The summed E-state index contributed by atoms with van der Waals surface area (Å²) in [5.41, 5.74) is 14.4. The summed E-state index contributed by atoms with van der Waals surface area (Å²) < 4.78 is 0. The van der Waals surface area contributed by atoms with E-state index < -0.39 is 0 Å². The molecule has 0 saturated heterocycles. The Labute approximate surface area is 247 Å². The molecule has 0 radical (unpaired) electrons. The molecule has 0 aromatic carbocycles. The van der Waals surface area contributed by atoms with Gasteiger partial charge in [-0.3, -0.25) is 0 Å². The van der Waals surface area contributed by atoms with Gasteiger partial charge in [-0.1, -0.05) is 83.1 Å². The van der Waals surface area contributed by atoms with Crippen molar-refractivity contribution in [1.29, 1.82) is 0 Å². The molecule has 2 aliphatic rings. The number of hydrogen-bond donors (Lipinski definition) is 2. The van der Waals surface area contributed by atoms with Crippen LogP contribution in [0.3, 0.4) is 0 Å². The molecule has 39 heavy (non-hydrogen) atoms. The third kappa shape index (κ3) is 10.6. The molecule has 0 spiro atoms. The molecule has 2 nitrogen and oxygen atoms in total. The number of rotatable bonds is 14. The van der Waals surface area contributed by atoms with Gasteiger partial charge in [0.2, 0.25) is 0 Å². The van der Waals surface area contributed by atoms with E-state index in [0.717, 1.165) is 59.2 Å². The molecule has 0 aliphatic heterocycles. The molecule has 0 heterocycles. The van der Waals surface area contributed by atoms with E-state index in [9.17, 15) is 0 Å². The molecule has 0 aromatic rings. The van der Waals surface area contributed by atoms with Crippen molar-refractivity contribution in [2.75, 3.05) is 0 Å². The average molecular weight is 547 g/mol. The van der Waals surface area contributed by atoms with Crippen molar-refractivity contribution in [3.8, 4) is 0 Å². The lowest BCUT2D eigenvalue weighted by atomic mass is 9.58. The summed E-state index contributed by atoms with van der Waals surface area (Å²) in [4.78, 5) is 0. The molecule has 2 rings (SSSR count). The van der Waals surface area contributed by atoms with E-state index in [2.05, 4.69) is 83.1 Å². The minimum atomic E-state index is 0.376. The largest absolute Gasteiger partial charge is 0.327 e. The first-order valence-corrected chi connectivity index (χ1v) is 17.6. The van der Waals surface area contributed by atoms with Gasteiger partial charge in [0, 0.05) is 12.1 Å². The van der Waals surface area contributed by atoms with Crippen LogP contribution in [-0.2, 0) is 0 Å². The summed E-state index contributed by atoms with van der Waals surface area (Å²) >= 11 is 0. The Morgan fingerprint density at radius 3 is 0.795 bits per heavy atom. The van der Waals surface area contributed by atoms with Crippen LogP contribution in [0.15, 0.2) is 0 Å². The van der Waals surface area contributed by atoms with Gasteiger partial charge in [-0.25, -0.2) is 0 Å². The molecule has 0 amide bonds. The maximum atomic E-state index is 7.19. The van der Waals surface area contributed by atoms with Gasteiger partial charge in [-0.2, -0.15) is 0 Å². The molecule has 8 atom stereocenters. The van der Waals surface area contributed by atoms with Gasteiger partial charge in [0.05, 0.1) is 0 Å². The van der Waals surface area contributed by atoms with E-state index in [1.54, 1.807) is 0 Å². The van der Waals surface area contributed by atoms with Crippen LogP contribution < -0.4 is 11.5 Å². The fourth-order valence-electron chi connectivity index (χ4n) is 9.97. The third-order valence-corrected chi connectivity index (χ3v) is 11.4. The van der Waals surface area contributed by atoms with Crippen molar-refractivity contribution < 1.29 is 0 Å². The zero-order valence-electron chi connectivity index (χ0n) is 28.8. The van der Waals surface area contributed by atoms with E-state index in [1.807, 2.05) is 0 Å². The Hall–Kier alpha value is -0.0800. The van der Waals surface area contributed by atoms with Crippen molar-refractivity contribution in [2.24, 2.45) is 94.3 Å². The first-order chi connectivity index (χ1) is 18.1. The molecule has 8 unspecified atom stereocenters. The van der Waals surface area contributed by atoms with Gasteiger partial charge in [0.1, 0.15) is 0 Å². The lowest BCUT2D eigenvalue weighted by Crippen LogP contribution is -2.50. The SMILES string of the molecule is CC(C)CC(C)C1CC(CC2CC(C(C)CC(C)C)C(N)C(C(C)CC(C)C)C2)CC(C(C)CC(C)C)C1N. The lowest BCUT2D eigenvalue weighted by molar-refractivity contribution is 0.0337. The highest BCUT2D eigenvalue weighted by Crippen LogP contribution is 2.49. The molecule has 232 valence electrons. The predicted molar refractivity (Wildman–Crippen MR) is 174 cm³/mol. The zero-order chi connectivity index (χ0) is 29.6. The van der Waals surface area contributed by atoms with Crippen molar-refractivity contribution in [1.82, 2.24) is 0 Å². The van der Waals surface area contributed by atoms with Gasteiger partial charge >= 0.3 is 0 Å². The van der Waals surface area contributed by atoms with Crippen LogP contribution in [0.1, 0.15) is 141 Å². The Balaban J connectivity index is 2.28. The molecule has 0 aromatic heterocycles. The van der Waals surface area contributed by atoms with Crippen LogP contribution in [-0.4, -0.2) is 12.1 Å². The molecule has 2 aliphatic carbocycles. The highest BCUT2D eigenvalue weighted by molar-refractivity contribution is 4.97. The minimum absolute atomic E-state index is 0.376. The predicted octanol–water partition coefficient (Wildman–Crippen LogP) is 10.0. The van der Waals surface area contributed by atoms with E-state index in [4.69, 9.17) is 11.5 Å². The maximum absolute atomic E-state index is 7.19. The zero-order valence-corrected chi connectivity index (χ0v) is 28.8. The summed E-state index contributed by atoms with van der Waals surface area (Å²) in [6.45, 7) is 29.2.